The van der Waals surface area contributed by atoms with Crippen LogP contribution in [0.3, 0.4) is 0 Å². The summed E-state index contributed by atoms with van der Waals surface area (Å²) in [5.74, 6) is 0.242. The van der Waals surface area contributed by atoms with E-state index in [1.807, 2.05) is 13.8 Å². The molecule has 1 fully saturated rings. The Bertz CT molecular complexity index is 929. The highest BCUT2D eigenvalue weighted by molar-refractivity contribution is 7.91. The van der Waals surface area contributed by atoms with E-state index in [4.69, 9.17) is 9.26 Å². The molecule has 1 aliphatic carbocycles. The maximum atomic E-state index is 12.8. The van der Waals surface area contributed by atoms with Gasteiger partial charge in [0.2, 0.25) is 5.91 Å². The van der Waals surface area contributed by atoms with E-state index in [2.05, 4.69) is 10.5 Å². The summed E-state index contributed by atoms with van der Waals surface area (Å²) < 4.78 is 36.1. The van der Waals surface area contributed by atoms with Crippen LogP contribution in [0.1, 0.15) is 30.5 Å². The predicted molar refractivity (Wildman–Crippen MR) is 95.8 cm³/mol. The Labute approximate surface area is 152 Å². The Hall–Kier alpha value is -2.35. The van der Waals surface area contributed by atoms with E-state index in [9.17, 15) is 13.2 Å². The van der Waals surface area contributed by atoms with Gasteiger partial charge in [-0.1, -0.05) is 5.16 Å². The molecule has 1 heterocycles. The van der Waals surface area contributed by atoms with Crippen LogP contribution in [0.5, 0.6) is 5.75 Å². The molecule has 26 heavy (non-hydrogen) atoms. The van der Waals surface area contributed by atoms with Gasteiger partial charge in [0, 0.05) is 23.6 Å². The first-order valence-corrected chi connectivity index (χ1v) is 10.1. The zero-order valence-electron chi connectivity index (χ0n) is 15.0. The summed E-state index contributed by atoms with van der Waals surface area (Å²) in [6.07, 6.45) is 1.85. The van der Waals surface area contributed by atoms with Crippen molar-refractivity contribution in [3.63, 3.8) is 0 Å². The minimum atomic E-state index is -3.70. The standard InChI is InChI=1S/C18H22N2O5S/c1-11-12(2)20-25-18(11)13-4-7-15(24-3)16(10-13)26(22,23)9-8-17(21)19-14-5-6-14/h4,7,10,14H,5-6,8-9H2,1-3H3,(H,19,21). The van der Waals surface area contributed by atoms with E-state index < -0.39 is 9.84 Å². The maximum absolute atomic E-state index is 12.8. The molecule has 8 heteroatoms. The van der Waals surface area contributed by atoms with Crippen LogP contribution in [0.25, 0.3) is 11.3 Å². The maximum Gasteiger partial charge on any atom is 0.221 e. The summed E-state index contributed by atoms with van der Waals surface area (Å²) >= 11 is 0. The van der Waals surface area contributed by atoms with E-state index in [0.29, 0.717) is 11.3 Å². The number of aromatic nitrogens is 1. The third-order valence-electron chi connectivity index (χ3n) is 4.46. The Balaban J connectivity index is 1.87. The molecule has 0 spiro atoms. The quantitative estimate of drug-likeness (QED) is 0.794. The van der Waals surface area contributed by atoms with Crippen molar-refractivity contribution in [3.05, 3.63) is 29.5 Å². The number of carbonyl (C=O) groups is 1. The molecule has 1 aliphatic rings. The molecular weight excluding hydrogens is 356 g/mol. The van der Waals surface area contributed by atoms with Gasteiger partial charge in [-0.05, 0) is 44.9 Å². The van der Waals surface area contributed by atoms with E-state index in [1.165, 1.54) is 13.2 Å². The van der Waals surface area contributed by atoms with Crippen molar-refractivity contribution in [1.82, 2.24) is 10.5 Å². The minimum Gasteiger partial charge on any atom is -0.495 e. The molecule has 0 saturated heterocycles. The third-order valence-corrected chi connectivity index (χ3v) is 6.19. The van der Waals surface area contributed by atoms with Gasteiger partial charge in [-0.2, -0.15) is 0 Å². The Kier molecular flexibility index (Phi) is 5.04. The molecule has 1 aromatic heterocycles. The van der Waals surface area contributed by atoms with Gasteiger partial charge in [-0.15, -0.1) is 0 Å². The average Bonchev–Trinajstić information content (AvgIpc) is 3.37. The van der Waals surface area contributed by atoms with Gasteiger partial charge in [-0.25, -0.2) is 8.42 Å². The average molecular weight is 378 g/mol. The van der Waals surface area contributed by atoms with Crippen molar-refractivity contribution in [3.8, 4) is 17.1 Å². The van der Waals surface area contributed by atoms with Crippen molar-refractivity contribution < 1.29 is 22.5 Å². The van der Waals surface area contributed by atoms with E-state index in [1.54, 1.807) is 12.1 Å². The molecule has 0 aliphatic heterocycles. The number of ether oxygens (including phenoxy) is 1. The molecular formula is C18H22N2O5S. The normalized spacial score (nSPS) is 14.3. The molecule has 1 N–H and O–H groups in total. The zero-order valence-corrected chi connectivity index (χ0v) is 15.9. The van der Waals surface area contributed by atoms with Gasteiger partial charge in [0.15, 0.2) is 15.6 Å². The number of aryl methyl sites for hydroxylation is 1. The van der Waals surface area contributed by atoms with Crippen molar-refractivity contribution >= 4 is 15.7 Å². The van der Waals surface area contributed by atoms with Crippen molar-refractivity contribution in [2.45, 2.75) is 44.0 Å². The van der Waals surface area contributed by atoms with Gasteiger partial charge < -0.3 is 14.6 Å². The van der Waals surface area contributed by atoms with Gasteiger partial charge in [-0.3, -0.25) is 4.79 Å². The number of rotatable bonds is 7. The second-order valence-electron chi connectivity index (χ2n) is 6.50. The summed E-state index contributed by atoms with van der Waals surface area (Å²) in [5.41, 5.74) is 2.20. The first-order valence-electron chi connectivity index (χ1n) is 8.45. The number of sulfone groups is 1. The fourth-order valence-electron chi connectivity index (χ4n) is 2.61. The van der Waals surface area contributed by atoms with Crippen LogP contribution < -0.4 is 10.1 Å². The number of methoxy groups -OCH3 is 1. The number of amides is 1. The number of nitrogens with one attached hydrogen (secondary N) is 1. The Morgan fingerprint density at radius 3 is 2.65 bits per heavy atom. The number of hydrogen-bond donors (Lipinski definition) is 1. The SMILES string of the molecule is COc1ccc(-c2onc(C)c2C)cc1S(=O)(=O)CCC(=O)NC1CC1. The number of benzene rings is 1. The van der Waals surface area contributed by atoms with Crippen molar-refractivity contribution in [2.75, 3.05) is 12.9 Å². The lowest BCUT2D eigenvalue weighted by Crippen LogP contribution is -2.27. The highest BCUT2D eigenvalue weighted by Gasteiger charge is 2.26. The monoisotopic (exact) mass is 378 g/mol. The van der Waals surface area contributed by atoms with Crippen LogP contribution in [0.4, 0.5) is 0 Å². The number of carbonyl (C=O) groups excluding carboxylic acids is 1. The summed E-state index contributed by atoms with van der Waals surface area (Å²) in [6, 6.07) is 5.04. The fraction of sp³-hybridized carbons (Fsp3) is 0.444. The van der Waals surface area contributed by atoms with Crippen LogP contribution in [-0.4, -0.2) is 38.4 Å². The van der Waals surface area contributed by atoms with Crippen LogP contribution in [0, 0.1) is 13.8 Å². The number of nitrogens with zero attached hydrogens (tertiary/aromatic N) is 1. The lowest BCUT2D eigenvalue weighted by Gasteiger charge is -2.11. The Morgan fingerprint density at radius 1 is 1.35 bits per heavy atom. The van der Waals surface area contributed by atoms with Gasteiger partial charge in [0.1, 0.15) is 10.6 Å². The minimum absolute atomic E-state index is 0.0465. The molecule has 2 aromatic rings. The highest BCUT2D eigenvalue weighted by Crippen LogP contribution is 2.33. The first kappa shape index (κ1) is 18.4. The Morgan fingerprint density at radius 2 is 2.08 bits per heavy atom. The first-order chi connectivity index (χ1) is 12.3. The second kappa shape index (κ2) is 7.11. The third kappa shape index (κ3) is 3.90. The van der Waals surface area contributed by atoms with Crippen molar-refractivity contribution in [1.29, 1.82) is 0 Å². The summed E-state index contributed by atoms with van der Waals surface area (Å²) in [5, 5.41) is 6.71. The lowest BCUT2D eigenvalue weighted by molar-refractivity contribution is -0.120. The lowest BCUT2D eigenvalue weighted by atomic mass is 10.1. The van der Waals surface area contributed by atoms with Crippen LogP contribution >= 0.6 is 0 Å². The largest absolute Gasteiger partial charge is 0.495 e. The van der Waals surface area contributed by atoms with E-state index in [0.717, 1.165) is 24.1 Å². The molecule has 140 valence electrons. The second-order valence-corrected chi connectivity index (χ2v) is 8.58. The smallest absolute Gasteiger partial charge is 0.221 e. The van der Waals surface area contributed by atoms with Gasteiger partial charge in [0.25, 0.3) is 0 Å². The van der Waals surface area contributed by atoms with E-state index >= 15 is 0 Å². The van der Waals surface area contributed by atoms with Crippen LogP contribution in [0.2, 0.25) is 0 Å². The molecule has 0 unspecified atom stereocenters. The van der Waals surface area contributed by atoms with Gasteiger partial charge >= 0.3 is 0 Å². The van der Waals surface area contributed by atoms with Crippen LogP contribution in [-0.2, 0) is 14.6 Å². The highest BCUT2D eigenvalue weighted by atomic mass is 32.2. The molecule has 0 radical (unpaired) electrons. The molecule has 1 aromatic carbocycles. The summed E-state index contributed by atoms with van der Waals surface area (Å²) in [6.45, 7) is 3.68. The summed E-state index contributed by atoms with van der Waals surface area (Å²) in [4.78, 5) is 11.9. The van der Waals surface area contributed by atoms with E-state index in [-0.39, 0.29) is 34.8 Å². The summed E-state index contributed by atoms with van der Waals surface area (Å²) in [7, 11) is -2.28. The molecule has 7 nitrogen and oxygen atoms in total. The fourth-order valence-corrected chi connectivity index (χ4v) is 4.05. The predicted octanol–water partition coefficient (Wildman–Crippen LogP) is 2.41. The molecule has 0 atom stereocenters. The van der Waals surface area contributed by atoms with Crippen molar-refractivity contribution in [2.24, 2.45) is 0 Å². The molecule has 0 bridgehead atoms. The number of hydrogen-bond acceptors (Lipinski definition) is 6. The zero-order chi connectivity index (χ0) is 18.9. The molecule has 1 saturated carbocycles. The van der Waals surface area contributed by atoms with Gasteiger partial charge in [0.05, 0.1) is 18.6 Å². The molecule has 1 amide bonds. The van der Waals surface area contributed by atoms with Crippen LogP contribution in [0.15, 0.2) is 27.6 Å². The topological polar surface area (TPSA) is 98.5 Å². The molecule has 3 rings (SSSR count).